The van der Waals surface area contributed by atoms with Crippen molar-refractivity contribution in [2.24, 2.45) is 10.6 Å². The Morgan fingerprint density at radius 2 is 1.55 bits per heavy atom. The molecule has 0 rings (SSSR count). The zero-order valence-corrected chi connectivity index (χ0v) is 7.76. The molecule has 0 aliphatic carbocycles. The van der Waals surface area contributed by atoms with Crippen LogP contribution in [0.1, 0.15) is 34.6 Å². The van der Waals surface area contributed by atoms with E-state index in [4.69, 9.17) is 0 Å². The number of nitrogens with zero attached hydrogens (tertiary/aromatic N) is 1. The second-order valence-electron chi connectivity index (χ2n) is 3.83. The van der Waals surface area contributed by atoms with Gasteiger partial charge in [0.15, 0.2) is 0 Å². The van der Waals surface area contributed by atoms with E-state index in [2.05, 4.69) is 5.18 Å². The average molecular weight is 157 g/mol. The number of ketones is 1. The molecule has 0 aliphatic heterocycles. The van der Waals surface area contributed by atoms with Gasteiger partial charge >= 0.3 is 0 Å². The molecule has 0 amide bonds. The molecule has 0 aromatic carbocycles. The van der Waals surface area contributed by atoms with Crippen molar-refractivity contribution in [3.8, 4) is 0 Å². The topological polar surface area (TPSA) is 46.5 Å². The zero-order valence-electron chi connectivity index (χ0n) is 7.76. The molecule has 0 spiro atoms. The minimum absolute atomic E-state index is 0.0119. The summed E-state index contributed by atoms with van der Waals surface area (Å²) in [4.78, 5) is 21.4. The van der Waals surface area contributed by atoms with Gasteiger partial charge in [0, 0.05) is 0 Å². The molecule has 0 aromatic rings. The highest BCUT2D eigenvalue weighted by atomic mass is 16.3. The number of Topliss-reactive ketones (excluding diaryl/α,β-unsaturated/α-hetero) is 1. The first-order chi connectivity index (χ1) is 4.75. The van der Waals surface area contributed by atoms with E-state index in [1.165, 1.54) is 6.92 Å². The molecule has 0 radical (unpaired) electrons. The monoisotopic (exact) mass is 157 g/mol. The standard InChI is InChI=1S/C8H15NO2/c1-6(10)7(2,3)8(4,5)9-11/h1-5H3. The normalized spacial score (nSPS) is 12.8. The summed E-state index contributed by atoms with van der Waals surface area (Å²) in [6.45, 7) is 8.28. The van der Waals surface area contributed by atoms with Gasteiger partial charge in [0.05, 0.1) is 5.41 Å². The molecule has 11 heavy (non-hydrogen) atoms. The van der Waals surface area contributed by atoms with Crippen LogP contribution < -0.4 is 0 Å². The molecule has 0 heterocycles. The first-order valence-electron chi connectivity index (χ1n) is 3.61. The van der Waals surface area contributed by atoms with Crippen LogP contribution >= 0.6 is 0 Å². The quantitative estimate of drug-likeness (QED) is 0.589. The molecule has 0 aromatic heterocycles. The van der Waals surface area contributed by atoms with E-state index in [1.54, 1.807) is 27.7 Å². The summed E-state index contributed by atoms with van der Waals surface area (Å²) in [5.74, 6) is -0.0119. The van der Waals surface area contributed by atoms with Gasteiger partial charge in [0.1, 0.15) is 11.3 Å². The molecule has 3 nitrogen and oxygen atoms in total. The Kier molecular flexibility index (Phi) is 2.54. The molecule has 3 heteroatoms. The second-order valence-corrected chi connectivity index (χ2v) is 3.83. The number of hydrogen-bond acceptors (Lipinski definition) is 3. The highest BCUT2D eigenvalue weighted by Gasteiger charge is 2.42. The van der Waals surface area contributed by atoms with Gasteiger partial charge in [-0.15, -0.1) is 0 Å². The van der Waals surface area contributed by atoms with Crippen molar-refractivity contribution in [3.63, 3.8) is 0 Å². The van der Waals surface area contributed by atoms with Crippen LogP contribution in [0.3, 0.4) is 0 Å². The molecule has 0 N–H and O–H groups in total. The summed E-state index contributed by atoms with van der Waals surface area (Å²) < 4.78 is 0. The van der Waals surface area contributed by atoms with Gasteiger partial charge in [-0.25, -0.2) is 0 Å². The smallest absolute Gasteiger partial charge is 0.137 e. The van der Waals surface area contributed by atoms with Crippen molar-refractivity contribution in [3.05, 3.63) is 4.91 Å². The minimum atomic E-state index is -0.821. The molecule has 0 saturated carbocycles. The van der Waals surface area contributed by atoms with Gasteiger partial charge in [-0.3, -0.25) is 4.79 Å². The molecule has 0 unspecified atom stereocenters. The SMILES string of the molecule is CC(=O)C(C)(C)C(C)(C)N=O. The maximum atomic E-state index is 11.1. The molecular formula is C8H15NO2. The summed E-state index contributed by atoms with van der Waals surface area (Å²) >= 11 is 0. The zero-order chi connectivity index (χ0) is 9.28. The van der Waals surface area contributed by atoms with Crippen LogP contribution in [0.15, 0.2) is 5.18 Å². The number of carbonyl (C=O) groups is 1. The van der Waals surface area contributed by atoms with Crippen LogP contribution in [0.2, 0.25) is 0 Å². The molecule has 0 saturated heterocycles. The van der Waals surface area contributed by atoms with Gasteiger partial charge in [-0.2, -0.15) is 4.91 Å². The lowest BCUT2D eigenvalue weighted by Crippen LogP contribution is -2.42. The molecule has 0 atom stereocenters. The summed E-state index contributed by atoms with van der Waals surface area (Å²) in [7, 11) is 0. The van der Waals surface area contributed by atoms with Crippen molar-refractivity contribution < 1.29 is 4.79 Å². The van der Waals surface area contributed by atoms with Gasteiger partial charge in [-0.1, -0.05) is 19.0 Å². The first-order valence-corrected chi connectivity index (χ1v) is 3.61. The van der Waals surface area contributed by atoms with E-state index in [0.717, 1.165) is 0 Å². The van der Waals surface area contributed by atoms with Crippen molar-refractivity contribution in [1.82, 2.24) is 0 Å². The van der Waals surface area contributed by atoms with E-state index in [-0.39, 0.29) is 5.78 Å². The molecule has 0 fully saturated rings. The minimum Gasteiger partial charge on any atom is -0.299 e. The van der Waals surface area contributed by atoms with Crippen molar-refractivity contribution >= 4 is 5.78 Å². The number of nitroso groups, excluding NO2 is 1. The van der Waals surface area contributed by atoms with Crippen LogP contribution in [0.25, 0.3) is 0 Å². The van der Waals surface area contributed by atoms with E-state index >= 15 is 0 Å². The van der Waals surface area contributed by atoms with E-state index in [0.29, 0.717) is 0 Å². The average Bonchev–Trinajstić information content (AvgIpc) is 1.87. The predicted molar refractivity (Wildman–Crippen MR) is 44.3 cm³/mol. The Bertz CT molecular complexity index is 183. The molecule has 64 valence electrons. The Morgan fingerprint density at radius 1 is 1.18 bits per heavy atom. The van der Waals surface area contributed by atoms with Crippen LogP contribution in [0.5, 0.6) is 0 Å². The van der Waals surface area contributed by atoms with Crippen molar-refractivity contribution in [1.29, 1.82) is 0 Å². The number of hydrogen-bond donors (Lipinski definition) is 0. The third kappa shape index (κ3) is 1.64. The summed E-state index contributed by atoms with van der Waals surface area (Å²) in [5, 5.41) is 2.94. The molecule has 0 bridgehead atoms. The summed E-state index contributed by atoms with van der Waals surface area (Å²) in [6.07, 6.45) is 0. The molecular weight excluding hydrogens is 142 g/mol. The first kappa shape index (κ1) is 10.3. The van der Waals surface area contributed by atoms with Crippen LogP contribution in [-0.4, -0.2) is 11.3 Å². The third-order valence-electron chi connectivity index (χ3n) is 2.64. The fourth-order valence-electron chi connectivity index (χ4n) is 0.545. The summed E-state index contributed by atoms with van der Waals surface area (Å²) in [6, 6.07) is 0. The Labute approximate surface area is 67.2 Å². The lowest BCUT2D eigenvalue weighted by Gasteiger charge is -2.32. The van der Waals surface area contributed by atoms with Crippen LogP contribution in [0.4, 0.5) is 0 Å². The second kappa shape index (κ2) is 2.72. The lowest BCUT2D eigenvalue weighted by molar-refractivity contribution is -0.127. The summed E-state index contributed by atoms with van der Waals surface area (Å²) in [5.41, 5.74) is -1.49. The van der Waals surface area contributed by atoms with Crippen LogP contribution in [-0.2, 0) is 4.79 Å². The Morgan fingerprint density at radius 3 is 1.64 bits per heavy atom. The predicted octanol–water partition coefficient (Wildman–Crippen LogP) is 2.15. The maximum Gasteiger partial charge on any atom is 0.137 e. The highest BCUT2D eigenvalue weighted by Crippen LogP contribution is 2.34. The largest absolute Gasteiger partial charge is 0.299 e. The fraction of sp³-hybridized carbons (Fsp3) is 0.875. The third-order valence-corrected chi connectivity index (χ3v) is 2.64. The number of rotatable bonds is 3. The van der Waals surface area contributed by atoms with E-state index in [9.17, 15) is 9.70 Å². The van der Waals surface area contributed by atoms with Crippen molar-refractivity contribution in [2.75, 3.05) is 0 Å². The van der Waals surface area contributed by atoms with Gasteiger partial charge in [0.2, 0.25) is 0 Å². The van der Waals surface area contributed by atoms with E-state index in [1.807, 2.05) is 0 Å². The van der Waals surface area contributed by atoms with Crippen LogP contribution in [0, 0.1) is 10.3 Å². The fourth-order valence-corrected chi connectivity index (χ4v) is 0.545. The van der Waals surface area contributed by atoms with Gasteiger partial charge < -0.3 is 0 Å². The molecule has 0 aliphatic rings. The Balaban J connectivity index is 4.81. The maximum absolute atomic E-state index is 11.1. The van der Waals surface area contributed by atoms with Crippen molar-refractivity contribution in [2.45, 2.75) is 40.2 Å². The highest BCUT2D eigenvalue weighted by molar-refractivity contribution is 5.83. The lowest BCUT2D eigenvalue weighted by atomic mass is 9.72. The number of carbonyl (C=O) groups excluding carboxylic acids is 1. The van der Waals surface area contributed by atoms with E-state index < -0.39 is 11.0 Å². The van der Waals surface area contributed by atoms with Gasteiger partial charge in [-0.05, 0) is 20.8 Å². The van der Waals surface area contributed by atoms with Gasteiger partial charge in [0.25, 0.3) is 0 Å². The Hall–Kier alpha value is -0.730.